The van der Waals surface area contributed by atoms with Gasteiger partial charge in [0.25, 0.3) is 11.8 Å². The summed E-state index contributed by atoms with van der Waals surface area (Å²) in [5.41, 5.74) is 6.62. The van der Waals surface area contributed by atoms with Crippen LogP contribution in [0.25, 0.3) is 0 Å². The fourth-order valence-corrected chi connectivity index (χ4v) is 8.25. The molecule has 0 spiro atoms. The molecule has 40 heavy (non-hydrogen) atoms. The summed E-state index contributed by atoms with van der Waals surface area (Å²) in [5, 5.41) is 28.1. The van der Waals surface area contributed by atoms with E-state index in [1.54, 1.807) is 23.9 Å². The Morgan fingerprint density at radius 1 is 1.30 bits per heavy atom. The molecule has 1 aliphatic carbocycles. The number of nitriles is 1. The first-order valence-electron chi connectivity index (χ1n) is 13.1. The van der Waals surface area contributed by atoms with Crippen LogP contribution in [0.3, 0.4) is 0 Å². The van der Waals surface area contributed by atoms with Gasteiger partial charge in [0, 0.05) is 36.4 Å². The van der Waals surface area contributed by atoms with Crippen molar-refractivity contribution in [3.8, 4) is 6.07 Å². The highest BCUT2D eigenvalue weighted by atomic mass is 32.1. The summed E-state index contributed by atoms with van der Waals surface area (Å²) in [7, 11) is 3.44. The molecule has 2 aliphatic rings. The normalized spacial score (nSPS) is 20.8. The Morgan fingerprint density at radius 2 is 2.10 bits per heavy atom. The molecule has 4 N–H and O–H groups in total. The average molecular weight is 582 g/mol. The second-order valence-electron chi connectivity index (χ2n) is 10.5. The summed E-state index contributed by atoms with van der Waals surface area (Å²) in [5.74, 6) is -0.309. The number of aromatic nitrogens is 4. The van der Waals surface area contributed by atoms with Gasteiger partial charge in [0.15, 0.2) is 5.82 Å². The van der Waals surface area contributed by atoms with Crippen LogP contribution in [-0.2, 0) is 23.1 Å². The van der Waals surface area contributed by atoms with E-state index in [-0.39, 0.29) is 30.4 Å². The number of hydrogen-bond acceptors (Lipinski definition) is 10. The molecule has 4 heterocycles. The maximum atomic E-state index is 13.0. The Balaban J connectivity index is 1.57. The van der Waals surface area contributed by atoms with E-state index in [0.717, 1.165) is 27.3 Å². The van der Waals surface area contributed by atoms with Gasteiger partial charge in [-0.2, -0.15) is 10.5 Å². The van der Waals surface area contributed by atoms with E-state index in [0.29, 0.717) is 47.8 Å². The molecular weight excluding hydrogens is 550 g/mol. The first-order valence-corrected chi connectivity index (χ1v) is 14.7. The number of aryl methyl sites for hydroxylation is 2. The summed E-state index contributed by atoms with van der Waals surface area (Å²) in [6.07, 6.45) is 3.27. The van der Waals surface area contributed by atoms with E-state index in [4.69, 9.17) is 5.73 Å². The number of fused-ring (bicyclic) bond motifs is 2. The maximum absolute atomic E-state index is 13.0. The summed E-state index contributed by atoms with van der Waals surface area (Å²) in [4.78, 5) is 44.4. The van der Waals surface area contributed by atoms with Crippen molar-refractivity contribution in [1.82, 2.24) is 35.7 Å². The number of likely N-dealkylation sites (tertiary alicyclic amines) is 1. The largest absolute Gasteiger partial charge is 0.365 e. The molecule has 3 amide bonds. The molecule has 1 saturated heterocycles. The van der Waals surface area contributed by atoms with Crippen molar-refractivity contribution >= 4 is 40.4 Å². The lowest BCUT2D eigenvalue weighted by Crippen LogP contribution is -2.45. The third-order valence-electron chi connectivity index (χ3n) is 7.61. The van der Waals surface area contributed by atoms with E-state index in [1.165, 1.54) is 22.7 Å². The maximum Gasteiger partial charge on any atom is 0.263 e. The fraction of sp³-hybridized carbons (Fsp3) is 0.500. The highest BCUT2D eigenvalue weighted by Gasteiger charge is 2.48. The van der Waals surface area contributed by atoms with Crippen molar-refractivity contribution in [2.75, 3.05) is 27.2 Å². The van der Waals surface area contributed by atoms with Crippen molar-refractivity contribution in [2.45, 2.75) is 56.5 Å². The SMILES string of the molecule is C[C@@H](CC1(c2nn[nH]n2)c2cc(C(=O)N(C)C)sc2CCc2cc(C(N)=O)sc21)NCC(=O)N1CCC[C@H]1C#N. The quantitative estimate of drug-likeness (QED) is 0.358. The standard InChI is InChI=1S/C26H31N9O3S2/c1-14(29-13-21(36)35-8-4-5-16(35)12-27)11-26(25-30-32-33-31-25)17-10-20(24(38)34(2)3)39-18(17)7-6-15-9-19(23(28)37)40-22(15)26/h9-10,14,16,29H,4-8,11,13H2,1-3H3,(H2,28,37)(H,30,31,32,33)/t14-,16-,26?/m0/s1. The smallest absolute Gasteiger partial charge is 0.263 e. The van der Waals surface area contributed by atoms with Crippen molar-refractivity contribution in [1.29, 1.82) is 5.26 Å². The van der Waals surface area contributed by atoms with Crippen LogP contribution in [0.5, 0.6) is 0 Å². The molecule has 14 heteroatoms. The van der Waals surface area contributed by atoms with Gasteiger partial charge in [0.05, 0.1) is 27.8 Å². The van der Waals surface area contributed by atoms with Gasteiger partial charge in [-0.1, -0.05) is 5.21 Å². The van der Waals surface area contributed by atoms with Gasteiger partial charge in [-0.05, 0) is 62.3 Å². The summed E-state index contributed by atoms with van der Waals surface area (Å²) in [6.45, 7) is 2.63. The van der Waals surface area contributed by atoms with Crippen molar-refractivity contribution in [3.63, 3.8) is 0 Å². The number of hydrogen-bond donors (Lipinski definition) is 3. The molecule has 3 aromatic rings. The van der Waals surface area contributed by atoms with E-state index >= 15 is 0 Å². The predicted octanol–water partition coefficient (Wildman–Crippen LogP) is 1.44. The fourth-order valence-electron chi connectivity index (χ4n) is 5.72. The van der Waals surface area contributed by atoms with Gasteiger partial charge in [0.2, 0.25) is 5.91 Å². The Morgan fingerprint density at radius 3 is 2.77 bits per heavy atom. The molecule has 3 aromatic heterocycles. The molecule has 210 valence electrons. The van der Waals surface area contributed by atoms with E-state index in [2.05, 4.69) is 32.0 Å². The Bertz CT molecular complexity index is 1470. The van der Waals surface area contributed by atoms with Crippen LogP contribution in [0.4, 0.5) is 0 Å². The second-order valence-corrected chi connectivity index (χ2v) is 12.7. The molecule has 0 bridgehead atoms. The second kappa shape index (κ2) is 11.1. The molecule has 1 fully saturated rings. The monoisotopic (exact) mass is 581 g/mol. The lowest BCUT2D eigenvalue weighted by molar-refractivity contribution is -0.130. The Kier molecular flexibility index (Phi) is 7.72. The first-order chi connectivity index (χ1) is 19.1. The molecule has 0 saturated carbocycles. The number of carbonyl (C=O) groups is 3. The highest BCUT2D eigenvalue weighted by Crippen LogP contribution is 2.51. The van der Waals surface area contributed by atoms with Crippen molar-refractivity contribution < 1.29 is 14.4 Å². The minimum atomic E-state index is -0.952. The molecule has 1 aliphatic heterocycles. The topological polar surface area (TPSA) is 174 Å². The third-order valence-corrected chi connectivity index (χ3v) is 10.1. The van der Waals surface area contributed by atoms with Crippen LogP contribution in [0.15, 0.2) is 12.1 Å². The van der Waals surface area contributed by atoms with Gasteiger partial charge >= 0.3 is 0 Å². The molecule has 1 unspecified atom stereocenters. The Hall–Kier alpha value is -3.67. The number of primary amides is 1. The van der Waals surface area contributed by atoms with Gasteiger partial charge in [-0.3, -0.25) is 14.4 Å². The number of aromatic amines is 1. The summed E-state index contributed by atoms with van der Waals surface area (Å²) >= 11 is 2.77. The molecule has 0 radical (unpaired) electrons. The van der Waals surface area contributed by atoms with Gasteiger partial charge in [-0.25, -0.2) is 0 Å². The highest BCUT2D eigenvalue weighted by molar-refractivity contribution is 7.15. The molecule has 3 atom stereocenters. The average Bonchev–Trinajstić information content (AvgIpc) is 3.74. The van der Waals surface area contributed by atoms with Crippen LogP contribution >= 0.6 is 22.7 Å². The number of amides is 3. The number of rotatable bonds is 8. The van der Waals surface area contributed by atoms with Crippen LogP contribution in [0.1, 0.15) is 72.2 Å². The zero-order chi connectivity index (χ0) is 28.6. The predicted molar refractivity (Wildman–Crippen MR) is 149 cm³/mol. The first kappa shape index (κ1) is 27.9. The zero-order valence-corrected chi connectivity index (χ0v) is 24.2. The summed E-state index contributed by atoms with van der Waals surface area (Å²) < 4.78 is 0. The minimum Gasteiger partial charge on any atom is -0.365 e. The number of carbonyl (C=O) groups excluding carboxylic acids is 3. The molecule has 12 nitrogen and oxygen atoms in total. The lowest BCUT2D eigenvalue weighted by Gasteiger charge is -2.33. The van der Waals surface area contributed by atoms with E-state index in [1.807, 2.05) is 19.1 Å². The van der Waals surface area contributed by atoms with Gasteiger partial charge in [-0.15, -0.1) is 32.9 Å². The number of nitrogens with zero attached hydrogens (tertiary/aromatic N) is 6. The summed E-state index contributed by atoms with van der Waals surface area (Å²) in [6, 6.07) is 5.36. The lowest BCUT2D eigenvalue weighted by atomic mass is 9.73. The molecule has 0 aromatic carbocycles. The Labute approximate surface area is 239 Å². The number of tetrazole rings is 1. The molecular formula is C26H31N9O3S2. The van der Waals surface area contributed by atoms with E-state index in [9.17, 15) is 19.6 Å². The zero-order valence-electron chi connectivity index (χ0n) is 22.6. The minimum absolute atomic E-state index is 0.0758. The van der Waals surface area contributed by atoms with Crippen molar-refractivity contribution in [2.24, 2.45) is 5.73 Å². The number of nitrogens with one attached hydrogen (secondary N) is 2. The van der Waals surface area contributed by atoms with E-state index < -0.39 is 11.3 Å². The van der Waals surface area contributed by atoms with Gasteiger partial charge < -0.3 is 20.9 Å². The van der Waals surface area contributed by atoms with Gasteiger partial charge in [0.1, 0.15) is 6.04 Å². The van der Waals surface area contributed by atoms with Crippen LogP contribution < -0.4 is 11.1 Å². The third kappa shape index (κ3) is 4.89. The van der Waals surface area contributed by atoms with Crippen molar-refractivity contribution in [3.05, 3.63) is 48.6 Å². The van der Waals surface area contributed by atoms with Crippen LogP contribution in [0.2, 0.25) is 0 Å². The van der Waals surface area contributed by atoms with Crippen LogP contribution in [-0.4, -0.2) is 87.4 Å². The number of H-pyrrole nitrogens is 1. The van der Waals surface area contributed by atoms with Crippen LogP contribution in [0, 0.1) is 11.3 Å². The number of thiophene rings is 2. The molecule has 5 rings (SSSR count). The number of nitrogens with two attached hydrogens (primary N) is 1.